The quantitative estimate of drug-likeness (QED) is 0.867. The van der Waals surface area contributed by atoms with E-state index in [0.29, 0.717) is 12.1 Å². The fourth-order valence-corrected chi connectivity index (χ4v) is 1.41. The molecule has 0 fully saturated rings. The second-order valence-electron chi connectivity index (χ2n) is 5.58. The average Bonchev–Trinajstić information content (AvgIpc) is 2.25. The molecular weight excluding hydrogens is 233 g/mol. The third kappa shape index (κ3) is 3.81. The summed E-state index contributed by atoms with van der Waals surface area (Å²) in [5.74, 6) is -1.42. The van der Waals surface area contributed by atoms with Gasteiger partial charge in [-0.05, 0) is 30.5 Å². The molecule has 0 saturated carbocycles. The second-order valence-corrected chi connectivity index (χ2v) is 5.58. The van der Waals surface area contributed by atoms with Crippen LogP contribution in [0.15, 0.2) is 18.2 Å². The standard InChI is InChI=1S/C14H20FNO2/c1-9(14(2,3)4)16-8-11-7-10(13(17)18)5-6-12(11)15/h5-7,9,16H,8H2,1-4H3,(H,17,18). The molecule has 0 saturated heterocycles. The van der Waals surface area contributed by atoms with Gasteiger partial charge in [0.25, 0.3) is 0 Å². The van der Waals surface area contributed by atoms with E-state index in [4.69, 9.17) is 5.11 Å². The molecule has 1 rings (SSSR count). The number of halogens is 1. The van der Waals surface area contributed by atoms with Crippen LogP contribution < -0.4 is 5.32 Å². The van der Waals surface area contributed by atoms with Gasteiger partial charge in [0.1, 0.15) is 5.82 Å². The highest BCUT2D eigenvalue weighted by atomic mass is 19.1. The van der Waals surface area contributed by atoms with Gasteiger partial charge in [0, 0.05) is 18.2 Å². The van der Waals surface area contributed by atoms with Crippen LogP contribution >= 0.6 is 0 Å². The van der Waals surface area contributed by atoms with E-state index in [-0.39, 0.29) is 22.8 Å². The first-order valence-corrected chi connectivity index (χ1v) is 5.97. The van der Waals surface area contributed by atoms with Crippen molar-refractivity contribution in [2.75, 3.05) is 0 Å². The predicted molar refractivity (Wildman–Crippen MR) is 69.1 cm³/mol. The first-order valence-electron chi connectivity index (χ1n) is 5.97. The van der Waals surface area contributed by atoms with Crippen LogP contribution in [0.4, 0.5) is 4.39 Å². The topological polar surface area (TPSA) is 49.3 Å². The highest BCUT2D eigenvalue weighted by Crippen LogP contribution is 2.19. The number of benzene rings is 1. The van der Waals surface area contributed by atoms with Gasteiger partial charge in [-0.15, -0.1) is 0 Å². The number of hydrogen-bond acceptors (Lipinski definition) is 2. The molecule has 0 aromatic heterocycles. The van der Waals surface area contributed by atoms with Crippen molar-refractivity contribution in [3.05, 3.63) is 35.1 Å². The summed E-state index contributed by atoms with van der Waals surface area (Å²) in [7, 11) is 0. The molecule has 1 aromatic rings. The lowest BCUT2D eigenvalue weighted by molar-refractivity contribution is 0.0696. The molecule has 2 N–H and O–H groups in total. The molecule has 100 valence electrons. The smallest absolute Gasteiger partial charge is 0.335 e. The molecule has 18 heavy (non-hydrogen) atoms. The fourth-order valence-electron chi connectivity index (χ4n) is 1.41. The maximum atomic E-state index is 13.5. The van der Waals surface area contributed by atoms with E-state index in [9.17, 15) is 9.18 Å². The number of hydrogen-bond donors (Lipinski definition) is 2. The van der Waals surface area contributed by atoms with Crippen molar-refractivity contribution >= 4 is 5.97 Å². The number of carboxylic acid groups (broad SMARTS) is 1. The van der Waals surface area contributed by atoms with Gasteiger partial charge in [0.05, 0.1) is 5.56 Å². The Morgan fingerprint density at radius 3 is 2.56 bits per heavy atom. The molecule has 1 aromatic carbocycles. The summed E-state index contributed by atoms with van der Waals surface area (Å²) in [5.41, 5.74) is 0.559. The minimum atomic E-state index is -1.04. The summed E-state index contributed by atoms with van der Waals surface area (Å²) >= 11 is 0. The second kappa shape index (κ2) is 5.48. The van der Waals surface area contributed by atoms with E-state index in [2.05, 4.69) is 26.1 Å². The third-order valence-electron chi connectivity index (χ3n) is 3.19. The Kier molecular flexibility index (Phi) is 4.46. The van der Waals surface area contributed by atoms with Crippen molar-refractivity contribution in [2.24, 2.45) is 5.41 Å². The van der Waals surface area contributed by atoms with E-state index in [1.807, 2.05) is 6.92 Å². The van der Waals surface area contributed by atoms with Gasteiger partial charge in [0.15, 0.2) is 0 Å². The Hall–Kier alpha value is -1.42. The van der Waals surface area contributed by atoms with Gasteiger partial charge in [-0.3, -0.25) is 0 Å². The normalized spacial score (nSPS) is 13.4. The number of rotatable bonds is 4. The lowest BCUT2D eigenvalue weighted by atomic mass is 9.88. The van der Waals surface area contributed by atoms with Gasteiger partial charge in [-0.1, -0.05) is 20.8 Å². The summed E-state index contributed by atoms with van der Waals surface area (Å²) in [6.07, 6.45) is 0. The molecule has 0 amide bonds. The van der Waals surface area contributed by atoms with Crippen molar-refractivity contribution in [1.29, 1.82) is 0 Å². The molecule has 1 atom stereocenters. The van der Waals surface area contributed by atoms with Crippen LogP contribution in [-0.2, 0) is 6.54 Å². The minimum Gasteiger partial charge on any atom is -0.478 e. The lowest BCUT2D eigenvalue weighted by Crippen LogP contribution is -2.37. The van der Waals surface area contributed by atoms with Gasteiger partial charge in [-0.2, -0.15) is 0 Å². The lowest BCUT2D eigenvalue weighted by Gasteiger charge is -2.28. The maximum Gasteiger partial charge on any atom is 0.335 e. The van der Waals surface area contributed by atoms with Gasteiger partial charge in [-0.25, -0.2) is 9.18 Å². The van der Waals surface area contributed by atoms with Crippen molar-refractivity contribution < 1.29 is 14.3 Å². The number of aromatic carboxylic acids is 1. The van der Waals surface area contributed by atoms with Crippen LogP contribution in [0.1, 0.15) is 43.6 Å². The van der Waals surface area contributed by atoms with Crippen molar-refractivity contribution in [3.8, 4) is 0 Å². The first kappa shape index (κ1) is 14.6. The molecule has 1 unspecified atom stereocenters. The third-order valence-corrected chi connectivity index (χ3v) is 3.19. The summed E-state index contributed by atoms with van der Waals surface area (Å²) in [5, 5.41) is 12.1. The van der Waals surface area contributed by atoms with E-state index in [0.717, 1.165) is 0 Å². The van der Waals surface area contributed by atoms with Crippen molar-refractivity contribution in [3.63, 3.8) is 0 Å². The maximum absolute atomic E-state index is 13.5. The Morgan fingerprint density at radius 1 is 1.44 bits per heavy atom. The molecule has 0 spiro atoms. The van der Waals surface area contributed by atoms with Crippen LogP contribution in [0.3, 0.4) is 0 Å². The van der Waals surface area contributed by atoms with Gasteiger partial charge >= 0.3 is 5.97 Å². The fraction of sp³-hybridized carbons (Fsp3) is 0.500. The van der Waals surface area contributed by atoms with Crippen LogP contribution in [-0.4, -0.2) is 17.1 Å². The SMILES string of the molecule is CC(NCc1cc(C(=O)O)ccc1F)C(C)(C)C. The summed E-state index contributed by atoms with van der Waals surface area (Å²) in [4.78, 5) is 10.8. The van der Waals surface area contributed by atoms with E-state index >= 15 is 0 Å². The molecule has 0 radical (unpaired) electrons. The van der Waals surface area contributed by atoms with Crippen LogP contribution in [0.2, 0.25) is 0 Å². The number of nitrogens with one attached hydrogen (secondary N) is 1. The van der Waals surface area contributed by atoms with E-state index < -0.39 is 5.97 Å². The largest absolute Gasteiger partial charge is 0.478 e. The summed E-state index contributed by atoms with van der Waals surface area (Å²) < 4.78 is 13.5. The van der Waals surface area contributed by atoms with Crippen molar-refractivity contribution in [1.82, 2.24) is 5.32 Å². The Balaban J connectivity index is 2.78. The van der Waals surface area contributed by atoms with Crippen LogP contribution in [0, 0.1) is 11.2 Å². The Labute approximate surface area is 107 Å². The van der Waals surface area contributed by atoms with Crippen molar-refractivity contribution in [2.45, 2.75) is 40.3 Å². The van der Waals surface area contributed by atoms with Crippen LogP contribution in [0.25, 0.3) is 0 Å². The average molecular weight is 253 g/mol. The highest BCUT2D eigenvalue weighted by molar-refractivity contribution is 5.87. The van der Waals surface area contributed by atoms with Crippen LogP contribution in [0.5, 0.6) is 0 Å². The molecule has 0 bridgehead atoms. The molecule has 0 heterocycles. The Morgan fingerprint density at radius 2 is 2.06 bits per heavy atom. The molecule has 3 nitrogen and oxygen atoms in total. The molecule has 0 aliphatic rings. The summed E-state index contributed by atoms with van der Waals surface area (Å²) in [6, 6.07) is 4.04. The minimum absolute atomic E-state index is 0.0703. The molecule has 0 aliphatic heterocycles. The molecular formula is C14H20FNO2. The zero-order valence-corrected chi connectivity index (χ0v) is 11.2. The first-order chi connectivity index (χ1) is 8.21. The monoisotopic (exact) mass is 253 g/mol. The van der Waals surface area contributed by atoms with E-state index in [1.165, 1.54) is 18.2 Å². The Bertz CT molecular complexity index is 438. The molecule has 0 aliphatic carbocycles. The zero-order valence-electron chi connectivity index (χ0n) is 11.2. The van der Waals surface area contributed by atoms with Gasteiger partial charge in [0.2, 0.25) is 0 Å². The van der Waals surface area contributed by atoms with E-state index in [1.54, 1.807) is 0 Å². The molecule has 4 heteroatoms. The highest BCUT2D eigenvalue weighted by Gasteiger charge is 2.19. The number of carbonyl (C=O) groups is 1. The summed E-state index contributed by atoms with van der Waals surface area (Å²) in [6.45, 7) is 8.63. The zero-order chi connectivity index (χ0) is 13.9. The predicted octanol–water partition coefficient (Wildman–Crippen LogP) is 3.05. The number of carboxylic acids is 1. The van der Waals surface area contributed by atoms with Gasteiger partial charge < -0.3 is 10.4 Å².